The summed E-state index contributed by atoms with van der Waals surface area (Å²) in [6.45, 7) is 3.94. The molecule has 0 bridgehead atoms. The van der Waals surface area contributed by atoms with Crippen molar-refractivity contribution in [2.45, 2.75) is 26.4 Å². The highest BCUT2D eigenvalue weighted by Crippen LogP contribution is 2.27. The van der Waals surface area contributed by atoms with Gasteiger partial charge in [-0.3, -0.25) is 14.3 Å². The zero-order chi connectivity index (χ0) is 19.6. The summed E-state index contributed by atoms with van der Waals surface area (Å²) in [6, 6.07) is 8.64. The van der Waals surface area contributed by atoms with Gasteiger partial charge in [0.25, 0.3) is 5.91 Å². The third-order valence-electron chi connectivity index (χ3n) is 4.26. The summed E-state index contributed by atoms with van der Waals surface area (Å²) in [6.07, 6.45) is 0. The molecule has 27 heavy (non-hydrogen) atoms. The number of methoxy groups -OCH3 is 1. The number of aryl methyl sites for hydroxylation is 2. The molecule has 0 aliphatic heterocycles. The zero-order valence-corrected chi connectivity index (χ0v) is 16.5. The summed E-state index contributed by atoms with van der Waals surface area (Å²) in [5.41, 5.74) is 1.81. The Labute approximate surface area is 161 Å². The number of hydrogen-bond acceptors (Lipinski definition) is 5. The number of benzene rings is 1. The molecule has 0 saturated heterocycles. The van der Waals surface area contributed by atoms with Crippen LogP contribution in [0.4, 0.5) is 0 Å². The number of rotatable bonds is 6. The van der Waals surface area contributed by atoms with Crippen LogP contribution in [0.3, 0.4) is 0 Å². The van der Waals surface area contributed by atoms with Gasteiger partial charge in [0.15, 0.2) is 0 Å². The quantitative estimate of drug-likeness (QED) is 0.681. The average molecular weight is 386 g/mol. The molecular formula is C19H22N4O3S. The van der Waals surface area contributed by atoms with E-state index in [1.54, 1.807) is 18.7 Å². The standard InChI is InChI=1S/C19H22N4O3S/c1-11-15-9-16(27-19(15)23(3)22-11)18(25)21-12(2)17(24)20-10-13-6-5-7-14(8-13)26-4/h5-9,12H,10H2,1-4H3,(H,20,24)(H,21,25)/t12-/m0/s1. The second kappa shape index (κ2) is 7.79. The number of amides is 2. The van der Waals surface area contributed by atoms with Gasteiger partial charge in [0, 0.05) is 19.0 Å². The van der Waals surface area contributed by atoms with Gasteiger partial charge in [-0.2, -0.15) is 5.10 Å². The third kappa shape index (κ3) is 4.11. The number of ether oxygens (including phenoxy) is 1. The molecule has 1 atom stereocenters. The van der Waals surface area contributed by atoms with Crippen molar-refractivity contribution in [3.05, 3.63) is 46.5 Å². The van der Waals surface area contributed by atoms with Gasteiger partial charge in [0.2, 0.25) is 5.91 Å². The fourth-order valence-corrected chi connectivity index (χ4v) is 3.80. The van der Waals surface area contributed by atoms with Gasteiger partial charge in [-0.15, -0.1) is 11.3 Å². The lowest BCUT2D eigenvalue weighted by molar-refractivity contribution is -0.122. The molecule has 0 aliphatic carbocycles. The molecule has 0 saturated carbocycles. The largest absolute Gasteiger partial charge is 0.497 e. The van der Waals surface area contributed by atoms with E-state index in [4.69, 9.17) is 4.74 Å². The first-order valence-electron chi connectivity index (χ1n) is 8.53. The third-order valence-corrected chi connectivity index (χ3v) is 5.46. The zero-order valence-electron chi connectivity index (χ0n) is 15.7. The molecule has 0 fully saturated rings. The summed E-state index contributed by atoms with van der Waals surface area (Å²) in [5, 5.41) is 10.9. The van der Waals surface area contributed by atoms with E-state index in [1.807, 2.05) is 44.3 Å². The Morgan fingerprint density at radius 2 is 2.11 bits per heavy atom. The normalized spacial score (nSPS) is 12.0. The number of hydrogen-bond donors (Lipinski definition) is 2. The fraction of sp³-hybridized carbons (Fsp3) is 0.316. The van der Waals surface area contributed by atoms with Gasteiger partial charge in [0.1, 0.15) is 16.6 Å². The Morgan fingerprint density at radius 3 is 2.81 bits per heavy atom. The highest BCUT2D eigenvalue weighted by molar-refractivity contribution is 7.20. The highest BCUT2D eigenvalue weighted by atomic mass is 32.1. The Morgan fingerprint density at radius 1 is 1.33 bits per heavy atom. The van der Waals surface area contributed by atoms with Crippen molar-refractivity contribution >= 4 is 33.4 Å². The van der Waals surface area contributed by atoms with Crippen LogP contribution in [-0.2, 0) is 18.4 Å². The first kappa shape index (κ1) is 18.9. The Bertz CT molecular complexity index is 958. The molecule has 3 rings (SSSR count). The van der Waals surface area contributed by atoms with E-state index in [0.717, 1.165) is 27.2 Å². The predicted octanol–water partition coefficient (Wildman–Crippen LogP) is 2.39. The molecular weight excluding hydrogens is 364 g/mol. The number of nitrogens with one attached hydrogen (secondary N) is 2. The van der Waals surface area contributed by atoms with Crippen molar-refractivity contribution in [2.75, 3.05) is 7.11 Å². The van der Waals surface area contributed by atoms with Crippen LogP contribution in [0.25, 0.3) is 10.2 Å². The van der Waals surface area contributed by atoms with Crippen LogP contribution in [0.15, 0.2) is 30.3 Å². The molecule has 0 aliphatic rings. The Hall–Kier alpha value is -2.87. The van der Waals surface area contributed by atoms with Crippen LogP contribution in [0.1, 0.15) is 27.9 Å². The van der Waals surface area contributed by atoms with Crippen molar-refractivity contribution in [1.82, 2.24) is 20.4 Å². The van der Waals surface area contributed by atoms with E-state index in [0.29, 0.717) is 11.4 Å². The Balaban J connectivity index is 1.59. The molecule has 8 heteroatoms. The molecule has 2 aromatic heterocycles. The number of nitrogens with zero attached hydrogens (tertiary/aromatic N) is 2. The van der Waals surface area contributed by atoms with Crippen LogP contribution in [0.2, 0.25) is 0 Å². The van der Waals surface area contributed by atoms with E-state index in [1.165, 1.54) is 11.3 Å². The lowest BCUT2D eigenvalue weighted by Crippen LogP contribution is -2.44. The summed E-state index contributed by atoms with van der Waals surface area (Å²) in [7, 11) is 3.45. The summed E-state index contributed by atoms with van der Waals surface area (Å²) >= 11 is 1.36. The lowest BCUT2D eigenvalue weighted by atomic mass is 10.2. The van der Waals surface area contributed by atoms with Crippen molar-refractivity contribution in [3.8, 4) is 5.75 Å². The minimum atomic E-state index is -0.646. The monoisotopic (exact) mass is 386 g/mol. The number of carbonyl (C=O) groups is 2. The summed E-state index contributed by atoms with van der Waals surface area (Å²) in [5.74, 6) is 0.224. The minimum Gasteiger partial charge on any atom is -0.497 e. The first-order chi connectivity index (χ1) is 12.9. The van der Waals surface area contributed by atoms with Crippen LogP contribution in [-0.4, -0.2) is 34.7 Å². The molecule has 7 nitrogen and oxygen atoms in total. The number of aromatic nitrogens is 2. The van der Waals surface area contributed by atoms with Crippen molar-refractivity contribution in [1.29, 1.82) is 0 Å². The molecule has 3 aromatic rings. The van der Waals surface area contributed by atoms with Crippen LogP contribution < -0.4 is 15.4 Å². The maximum Gasteiger partial charge on any atom is 0.262 e. The van der Waals surface area contributed by atoms with E-state index >= 15 is 0 Å². The van der Waals surface area contributed by atoms with Gasteiger partial charge in [-0.25, -0.2) is 0 Å². The van der Waals surface area contributed by atoms with Crippen LogP contribution >= 0.6 is 11.3 Å². The van der Waals surface area contributed by atoms with E-state index < -0.39 is 6.04 Å². The SMILES string of the molecule is COc1cccc(CNC(=O)[C@H](C)NC(=O)c2cc3c(C)nn(C)c3s2)c1. The van der Waals surface area contributed by atoms with Gasteiger partial charge < -0.3 is 15.4 Å². The van der Waals surface area contributed by atoms with Gasteiger partial charge in [-0.05, 0) is 37.6 Å². The summed E-state index contributed by atoms with van der Waals surface area (Å²) in [4.78, 5) is 26.3. The van der Waals surface area contributed by atoms with Crippen molar-refractivity contribution in [3.63, 3.8) is 0 Å². The van der Waals surface area contributed by atoms with Crippen LogP contribution in [0, 0.1) is 6.92 Å². The smallest absolute Gasteiger partial charge is 0.262 e. The second-order valence-corrected chi connectivity index (χ2v) is 7.33. The Kier molecular flexibility index (Phi) is 5.46. The first-order valence-corrected chi connectivity index (χ1v) is 9.35. The molecule has 2 amide bonds. The lowest BCUT2D eigenvalue weighted by Gasteiger charge is -2.14. The topological polar surface area (TPSA) is 85.2 Å². The van der Waals surface area contributed by atoms with E-state index in [-0.39, 0.29) is 11.8 Å². The molecule has 2 N–H and O–H groups in total. The van der Waals surface area contributed by atoms with Gasteiger partial charge in [0.05, 0.1) is 17.7 Å². The second-order valence-electron chi connectivity index (χ2n) is 6.30. The highest BCUT2D eigenvalue weighted by Gasteiger charge is 2.19. The van der Waals surface area contributed by atoms with Gasteiger partial charge >= 0.3 is 0 Å². The maximum atomic E-state index is 12.5. The minimum absolute atomic E-state index is 0.245. The van der Waals surface area contributed by atoms with E-state index in [9.17, 15) is 9.59 Å². The summed E-state index contributed by atoms with van der Waals surface area (Å²) < 4.78 is 6.93. The molecule has 0 spiro atoms. The maximum absolute atomic E-state index is 12.5. The number of fused-ring (bicyclic) bond motifs is 1. The van der Waals surface area contributed by atoms with Gasteiger partial charge in [-0.1, -0.05) is 12.1 Å². The van der Waals surface area contributed by atoms with E-state index in [2.05, 4.69) is 15.7 Å². The number of carbonyl (C=O) groups excluding carboxylic acids is 2. The molecule has 142 valence electrons. The molecule has 1 aromatic carbocycles. The molecule has 2 heterocycles. The molecule has 0 radical (unpaired) electrons. The fourth-order valence-electron chi connectivity index (χ4n) is 2.78. The van der Waals surface area contributed by atoms with Crippen LogP contribution in [0.5, 0.6) is 5.75 Å². The predicted molar refractivity (Wildman–Crippen MR) is 105 cm³/mol. The molecule has 0 unspecified atom stereocenters. The average Bonchev–Trinajstić information content (AvgIpc) is 3.21. The van der Waals surface area contributed by atoms with Crippen molar-refractivity contribution in [2.24, 2.45) is 7.05 Å². The number of thiophene rings is 1. The van der Waals surface area contributed by atoms with Crippen molar-refractivity contribution < 1.29 is 14.3 Å².